The smallest absolute Gasteiger partial charge is 0.411 e. The maximum Gasteiger partial charge on any atom is 0.411 e. The highest BCUT2D eigenvalue weighted by atomic mass is 28.3. The van der Waals surface area contributed by atoms with Gasteiger partial charge in [-0.2, -0.15) is 0 Å². The van der Waals surface area contributed by atoms with Crippen molar-refractivity contribution in [3.05, 3.63) is 51.1 Å². The number of halogens is 1. The molecular weight excluding hydrogens is 593 g/mol. The van der Waals surface area contributed by atoms with Crippen LogP contribution in [0, 0.1) is 5.82 Å². The van der Waals surface area contributed by atoms with Gasteiger partial charge in [0.2, 0.25) is 5.91 Å². The third-order valence-electron chi connectivity index (χ3n) is 7.78. The van der Waals surface area contributed by atoms with E-state index in [2.05, 4.69) is 30.3 Å². The minimum absolute atomic E-state index is 0.00635. The Morgan fingerprint density at radius 1 is 1.20 bits per heavy atom. The van der Waals surface area contributed by atoms with E-state index in [0.29, 0.717) is 22.3 Å². The molecule has 0 unspecified atom stereocenters. The summed E-state index contributed by atoms with van der Waals surface area (Å²) < 4.78 is 32.2. The molecule has 2 amide bonds. The molecular formula is C29H34FN5O8Si. The first-order chi connectivity index (χ1) is 20.8. The van der Waals surface area contributed by atoms with Gasteiger partial charge in [-0.05, 0) is 29.3 Å². The van der Waals surface area contributed by atoms with E-state index >= 15 is 4.39 Å². The number of hydrogen-bond donors (Lipinski definition) is 4. The average Bonchev–Trinajstić information content (AvgIpc) is 3.33. The molecule has 2 aliphatic rings. The number of esters is 1. The van der Waals surface area contributed by atoms with Crippen LogP contribution in [0.25, 0.3) is 22.3 Å². The van der Waals surface area contributed by atoms with Gasteiger partial charge in [0.05, 0.1) is 55.9 Å². The molecule has 0 saturated heterocycles. The monoisotopic (exact) mass is 627 g/mol. The molecule has 2 aliphatic heterocycles. The van der Waals surface area contributed by atoms with E-state index in [1.54, 1.807) is 17.6 Å². The van der Waals surface area contributed by atoms with Crippen LogP contribution in [0.1, 0.15) is 30.0 Å². The van der Waals surface area contributed by atoms with Crippen molar-refractivity contribution >= 4 is 47.8 Å². The molecule has 0 aliphatic carbocycles. The lowest BCUT2D eigenvalue weighted by atomic mass is 9.86. The number of pyridine rings is 2. The summed E-state index contributed by atoms with van der Waals surface area (Å²) in [4.78, 5) is 54.5. The molecule has 0 saturated carbocycles. The van der Waals surface area contributed by atoms with Crippen LogP contribution in [0.15, 0.2) is 23.0 Å². The van der Waals surface area contributed by atoms with Crippen LogP contribution in [-0.2, 0) is 42.6 Å². The van der Waals surface area contributed by atoms with Crippen LogP contribution in [0.3, 0.4) is 0 Å². The molecule has 5 N–H and O–H groups in total. The summed E-state index contributed by atoms with van der Waals surface area (Å²) in [6.07, 6.45) is -0.880. The summed E-state index contributed by atoms with van der Waals surface area (Å²) in [5, 5.41) is 17.6. The lowest BCUT2D eigenvalue weighted by Crippen LogP contribution is -2.44. The number of aliphatic hydroxyl groups is 1. The molecule has 44 heavy (non-hydrogen) atoms. The number of nitrogens with two attached hydrogens (primary N) is 1. The van der Waals surface area contributed by atoms with E-state index < -0.39 is 37.5 Å². The summed E-state index contributed by atoms with van der Waals surface area (Å²) in [6, 6.07) is 4.36. The Bertz CT molecular complexity index is 1750. The number of anilines is 1. The van der Waals surface area contributed by atoms with Crippen molar-refractivity contribution in [2.75, 3.05) is 31.8 Å². The van der Waals surface area contributed by atoms with Gasteiger partial charge in [-0.15, -0.1) is 0 Å². The van der Waals surface area contributed by atoms with E-state index in [0.717, 1.165) is 10.8 Å². The number of carbonyl (C=O) groups is 3. The quantitative estimate of drug-likeness (QED) is 0.0915. The van der Waals surface area contributed by atoms with Crippen LogP contribution in [-0.4, -0.2) is 67.2 Å². The Balaban J connectivity index is 1.49. The Labute approximate surface area is 252 Å². The first-order valence-corrected chi connectivity index (χ1v) is 17.6. The highest BCUT2D eigenvalue weighted by molar-refractivity contribution is 6.90. The number of rotatable bonds is 9. The topological polar surface area (TPSA) is 184 Å². The number of nitrogens with one attached hydrogen (secondary N) is 2. The van der Waals surface area contributed by atoms with Crippen LogP contribution in [0.2, 0.25) is 19.6 Å². The zero-order chi connectivity index (χ0) is 32.0. The minimum Gasteiger partial charge on any atom is -0.458 e. The fourth-order valence-electron chi connectivity index (χ4n) is 5.67. The average molecular weight is 628 g/mol. The van der Waals surface area contributed by atoms with E-state index in [1.165, 1.54) is 12.1 Å². The second kappa shape index (κ2) is 11.7. The molecule has 0 radical (unpaired) electrons. The Kier molecular flexibility index (Phi) is 8.32. The third kappa shape index (κ3) is 5.47. The number of nitrogens with zero attached hydrogens (tertiary/aromatic N) is 2. The molecule has 0 spiro atoms. The second-order valence-corrected chi connectivity index (χ2v) is 16.6. The number of fused-ring (bicyclic) bond motifs is 5. The molecule has 13 nitrogen and oxygen atoms in total. The maximum absolute atomic E-state index is 15.3. The van der Waals surface area contributed by atoms with Crippen LogP contribution in [0.5, 0.6) is 0 Å². The molecule has 2 aromatic heterocycles. The lowest BCUT2D eigenvalue weighted by molar-refractivity contribution is -0.172. The van der Waals surface area contributed by atoms with Gasteiger partial charge in [0.15, 0.2) is 5.60 Å². The van der Waals surface area contributed by atoms with Crippen LogP contribution >= 0.6 is 0 Å². The van der Waals surface area contributed by atoms with Gasteiger partial charge in [-0.1, -0.05) is 26.6 Å². The maximum atomic E-state index is 15.3. The fourth-order valence-corrected chi connectivity index (χ4v) is 7.78. The third-order valence-corrected chi connectivity index (χ3v) is 9.85. The van der Waals surface area contributed by atoms with Gasteiger partial charge < -0.3 is 34.9 Å². The highest BCUT2D eigenvalue weighted by Crippen LogP contribution is 2.39. The Hall–Kier alpha value is -4.18. The summed E-state index contributed by atoms with van der Waals surface area (Å²) in [7, 11) is -2.22. The molecule has 1 atom stereocenters. The normalized spacial score (nSPS) is 17.0. The predicted octanol–water partition coefficient (Wildman–Crippen LogP) is 1.36. The standard InChI is InChI=1S/C29H34FN5O8Si/c1-5-29(40)18-9-22-24-16(12-35(22)26(37)17(18)13-43-27(29)38)25(44(2,3)4)15-8-21(19(30)10-20(15)33-24)34-28(39)42-7-6-41-14-32-23(36)11-31/h8-10,40H,5-7,11-14,31H2,1-4H3,(H,32,36)(H,34,39)/t29-/m0/s1. The molecule has 0 fully saturated rings. The minimum atomic E-state index is -2.22. The summed E-state index contributed by atoms with van der Waals surface area (Å²) in [6.45, 7) is 7.51. The summed E-state index contributed by atoms with van der Waals surface area (Å²) in [5.41, 5.74) is 5.18. The first-order valence-electron chi connectivity index (χ1n) is 14.1. The molecule has 1 aromatic carbocycles. The molecule has 234 valence electrons. The number of hydrogen-bond acceptors (Lipinski definition) is 10. The Morgan fingerprint density at radius 3 is 2.64 bits per heavy atom. The van der Waals surface area contributed by atoms with Crippen molar-refractivity contribution in [3.63, 3.8) is 0 Å². The number of cyclic esters (lactones) is 1. The largest absolute Gasteiger partial charge is 0.458 e. The number of benzene rings is 1. The van der Waals surface area contributed by atoms with Gasteiger partial charge in [-0.25, -0.2) is 19.0 Å². The van der Waals surface area contributed by atoms with E-state index in [9.17, 15) is 24.3 Å². The van der Waals surface area contributed by atoms with Crippen molar-refractivity contribution in [1.82, 2.24) is 14.9 Å². The Morgan fingerprint density at radius 2 is 1.95 bits per heavy atom. The van der Waals surface area contributed by atoms with Crippen LogP contribution in [0.4, 0.5) is 14.9 Å². The van der Waals surface area contributed by atoms with E-state index in [1.807, 2.05) is 0 Å². The first kappa shape index (κ1) is 31.2. The molecule has 5 rings (SSSR count). The van der Waals surface area contributed by atoms with Gasteiger partial charge in [0.1, 0.15) is 25.8 Å². The fraction of sp³-hybridized carbons (Fsp3) is 0.414. The van der Waals surface area contributed by atoms with Gasteiger partial charge in [0, 0.05) is 17.0 Å². The van der Waals surface area contributed by atoms with Gasteiger partial charge in [0.25, 0.3) is 5.56 Å². The predicted molar refractivity (Wildman–Crippen MR) is 160 cm³/mol. The molecule has 0 bridgehead atoms. The summed E-state index contributed by atoms with van der Waals surface area (Å²) in [5.74, 6) is -1.94. The second-order valence-electron chi connectivity index (χ2n) is 11.6. The molecule has 15 heteroatoms. The zero-order valence-electron chi connectivity index (χ0n) is 24.8. The van der Waals surface area contributed by atoms with Crippen molar-refractivity contribution < 1.29 is 38.1 Å². The van der Waals surface area contributed by atoms with Gasteiger partial charge in [-0.3, -0.25) is 14.9 Å². The van der Waals surface area contributed by atoms with Crippen molar-refractivity contribution in [2.24, 2.45) is 5.73 Å². The van der Waals surface area contributed by atoms with E-state index in [4.69, 9.17) is 24.9 Å². The number of carbonyl (C=O) groups excluding carboxylic acids is 3. The zero-order valence-corrected chi connectivity index (χ0v) is 25.8. The molecule has 4 heterocycles. The van der Waals surface area contributed by atoms with Crippen LogP contribution < -0.4 is 27.1 Å². The highest BCUT2D eigenvalue weighted by Gasteiger charge is 2.45. The van der Waals surface area contributed by atoms with E-state index in [-0.39, 0.29) is 68.4 Å². The van der Waals surface area contributed by atoms with Crippen molar-refractivity contribution in [3.8, 4) is 11.4 Å². The molecule has 3 aromatic rings. The van der Waals surface area contributed by atoms with Crippen molar-refractivity contribution in [1.29, 1.82) is 0 Å². The van der Waals surface area contributed by atoms with Crippen molar-refractivity contribution in [2.45, 2.75) is 51.7 Å². The summed E-state index contributed by atoms with van der Waals surface area (Å²) >= 11 is 0. The number of ether oxygens (including phenoxy) is 3. The van der Waals surface area contributed by atoms with Gasteiger partial charge >= 0.3 is 12.1 Å². The number of amides is 2. The SMILES string of the molecule is CC[C@@]1(O)C(=O)OCc2c1cc1n(c2=O)Cc2c-1nc1cc(F)c(NC(=O)OCCOCNC(=O)CN)cc1c2[Si](C)(C)C. The number of aromatic nitrogens is 2. The lowest BCUT2D eigenvalue weighted by Gasteiger charge is -2.31.